The molecule has 0 unspecified atom stereocenters. The zero-order valence-corrected chi connectivity index (χ0v) is 18.1. The number of hydrogen-bond acceptors (Lipinski definition) is 5. The highest BCUT2D eigenvalue weighted by Crippen LogP contribution is 2.18. The molecule has 1 aromatic rings. The summed E-state index contributed by atoms with van der Waals surface area (Å²) in [6.07, 6.45) is 2.93. The van der Waals surface area contributed by atoms with Crippen LogP contribution in [-0.4, -0.2) is 73.1 Å². The van der Waals surface area contributed by atoms with Crippen LogP contribution in [0.15, 0.2) is 30.3 Å². The van der Waals surface area contributed by atoms with Gasteiger partial charge in [0.2, 0.25) is 11.8 Å². The number of benzene rings is 1. The SMILES string of the molecule is COc1ccccc1/C=C/C(=O)N1CCN(C(=O)CCNC(=O)OC(C)(C)C)CC1. The number of nitrogens with zero attached hydrogens (tertiary/aromatic N) is 2. The molecule has 2 rings (SSSR count). The Labute approximate surface area is 177 Å². The average Bonchev–Trinajstić information content (AvgIpc) is 2.70. The Balaban J connectivity index is 1.74. The third-order valence-electron chi connectivity index (χ3n) is 4.50. The van der Waals surface area contributed by atoms with Crippen LogP contribution in [-0.2, 0) is 14.3 Å². The lowest BCUT2D eigenvalue weighted by Crippen LogP contribution is -2.50. The third kappa shape index (κ3) is 7.42. The Hall–Kier alpha value is -3.03. The smallest absolute Gasteiger partial charge is 0.407 e. The summed E-state index contributed by atoms with van der Waals surface area (Å²) in [6.45, 7) is 7.45. The molecule has 1 fully saturated rings. The second kappa shape index (κ2) is 10.7. The molecule has 1 aliphatic heterocycles. The Morgan fingerprint density at radius 1 is 1.07 bits per heavy atom. The standard InChI is InChI=1S/C22H31N3O5/c1-22(2,3)30-21(28)23-12-11-20(27)25-15-13-24(14-16-25)19(26)10-9-17-7-5-6-8-18(17)29-4/h5-10H,11-16H2,1-4H3,(H,23,28)/b10-9+. The molecule has 1 aromatic carbocycles. The molecule has 1 heterocycles. The summed E-state index contributed by atoms with van der Waals surface area (Å²) in [4.78, 5) is 39.8. The Kier molecular flexibility index (Phi) is 8.26. The first-order chi connectivity index (χ1) is 14.2. The number of hydrogen-bond donors (Lipinski definition) is 1. The summed E-state index contributed by atoms with van der Waals surface area (Å²) in [6, 6.07) is 7.47. The van der Waals surface area contributed by atoms with Crippen molar-refractivity contribution in [2.45, 2.75) is 32.8 Å². The lowest BCUT2D eigenvalue weighted by molar-refractivity contribution is -0.137. The van der Waals surface area contributed by atoms with Crippen LogP contribution in [0.2, 0.25) is 0 Å². The molecule has 0 bridgehead atoms. The highest BCUT2D eigenvalue weighted by atomic mass is 16.6. The van der Waals surface area contributed by atoms with Gasteiger partial charge in [0, 0.05) is 50.8 Å². The highest BCUT2D eigenvalue weighted by Gasteiger charge is 2.23. The minimum absolute atomic E-state index is 0.0530. The van der Waals surface area contributed by atoms with Gasteiger partial charge in [-0.05, 0) is 32.9 Å². The average molecular weight is 418 g/mol. The van der Waals surface area contributed by atoms with Crippen LogP contribution in [0.3, 0.4) is 0 Å². The lowest BCUT2D eigenvalue weighted by atomic mass is 10.2. The number of amides is 3. The van der Waals surface area contributed by atoms with Gasteiger partial charge in [0.25, 0.3) is 0 Å². The summed E-state index contributed by atoms with van der Waals surface area (Å²) in [5.41, 5.74) is 0.261. The number of para-hydroxylation sites is 1. The predicted octanol–water partition coefficient (Wildman–Crippen LogP) is 2.29. The van der Waals surface area contributed by atoms with Crippen molar-refractivity contribution in [2.24, 2.45) is 0 Å². The summed E-state index contributed by atoms with van der Waals surface area (Å²) in [7, 11) is 1.59. The number of piperazine rings is 1. The number of carbonyl (C=O) groups excluding carboxylic acids is 3. The van der Waals surface area contributed by atoms with E-state index in [4.69, 9.17) is 9.47 Å². The first-order valence-electron chi connectivity index (χ1n) is 10.0. The molecule has 8 heteroatoms. The number of alkyl carbamates (subject to hydrolysis) is 1. The van der Waals surface area contributed by atoms with Crippen LogP contribution in [0.25, 0.3) is 6.08 Å². The van der Waals surface area contributed by atoms with Crippen molar-refractivity contribution in [3.05, 3.63) is 35.9 Å². The maximum Gasteiger partial charge on any atom is 0.407 e. The van der Waals surface area contributed by atoms with E-state index in [0.29, 0.717) is 31.9 Å². The van der Waals surface area contributed by atoms with E-state index in [1.807, 2.05) is 24.3 Å². The fourth-order valence-corrected chi connectivity index (χ4v) is 2.99. The maximum atomic E-state index is 12.4. The predicted molar refractivity (Wildman–Crippen MR) is 114 cm³/mol. The van der Waals surface area contributed by atoms with Gasteiger partial charge in [0.15, 0.2) is 0 Å². The van der Waals surface area contributed by atoms with Crippen LogP contribution in [0.1, 0.15) is 32.8 Å². The molecule has 1 saturated heterocycles. The monoisotopic (exact) mass is 417 g/mol. The molecule has 1 aliphatic rings. The van der Waals surface area contributed by atoms with Crippen LogP contribution in [0.4, 0.5) is 4.79 Å². The molecule has 0 atom stereocenters. The topological polar surface area (TPSA) is 88.2 Å². The third-order valence-corrected chi connectivity index (χ3v) is 4.50. The van der Waals surface area contributed by atoms with Crippen molar-refractivity contribution < 1.29 is 23.9 Å². The lowest BCUT2D eigenvalue weighted by Gasteiger charge is -2.34. The number of carbonyl (C=O) groups is 3. The summed E-state index contributed by atoms with van der Waals surface area (Å²) < 4.78 is 10.4. The van der Waals surface area contributed by atoms with E-state index in [-0.39, 0.29) is 24.8 Å². The fourth-order valence-electron chi connectivity index (χ4n) is 2.99. The molecular formula is C22H31N3O5. The van der Waals surface area contributed by atoms with Gasteiger partial charge >= 0.3 is 6.09 Å². The summed E-state index contributed by atoms with van der Waals surface area (Å²) >= 11 is 0. The van der Waals surface area contributed by atoms with E-state index in [2.05, 4.69) is 5.32 Å². The highest BCUT2D eigenvalue weighted by molar-refractivity contribution is 5.92. The molecule has 0 aliphatic carbocycles. The van der Waals surface area contributed by atoms with Gasteiger partial charge < -0.3 is 24.6 Å². The number of methoxy groups -OCH3 is 1. The molecule has 8 nitrogen and oxygen atoms in total. The molecule has 164 valence electrons. The number of ether oxygens (including phenoxy) is 2. The number of rotatable bonds is 6. The van der Waals surface area contributed by atoms with Gasteiger partial charge in [-0.15, -0.1) is 0 Å². The van der Waals surface area contributed by atoms with E-state index < -0.39 is 11.7 Å². The molecule has 1 N–H and O–H groups in total. The number of nitrogens with one attached hydrogen (secondary N) is 1. The molecule has 30 heavy (non-hydrogen) atoms. The second-order valence-electron chi connectivity index (χ2n) is 7.96. The fraction of sp³-hybridized carbons (Fsp3) is 0.500. The minimum Gasteiger partial charge on any atom is -0.496 e. The van der Waals surface area contributed by atoms with E-state index in [1.165, 1.54) is 6.08 Å². The second-order valence-corrected chi connectivity index (χ2v) is 7.96. The largest absolute Gasteiger partial charge is 0.496 e. The van der Waals surface area contributed by atoms with Gasteiger partial charge in [0.1, 0.15) is 11.4 Å². The van der Waals surface area contributed by atoms with E-state index in [0.717, 1.165) is 5.56 Å². The van der Waals surface area contributed by atoms with Crippen molar-refractivity contribution in [1.29, 1.82) is 0 Å². The van der Waals surface area contributed by atoms with Gasteiger partial charge in [-0.3, -0.25) is 9.59 Å². The summed E-state index contributed by atoms with van der Waals surface area (Å²) in [5.74, 6) is 0.555. The Morgan fingerprint density at radius 2 is 1.70 bits per heavy atom. The normalized spacial score (nSPS) is 14.5. The zero-order chi connectivity index (χ0) is 22.1. The quantitative estimate of drug-likeness (QED) is 0.718. The van der Waals surface area contributed by atoms with Gasteiger partial charge in [-0.25, -0.2) is 4.79 Å². The van der Waals surface area contributed by atoms with E-state index in [9.17, 15) is 14.4 Å². The van der Waals surface area contributed by atoms with E-state index >= 15 is 0 Å². The minimum atomic E-state index is -0.572. The van der Waals surface area contributed by atoms with Gasteiger partial charge in [-0.2, -0.15) is 0 Å². The Morgan fingerprint density at radius 3 is 2.33 bits per heavy atom. The zero-order valence-electron chi connectivity index (χ0n) is 18.1. The van der Waals surface area contributed by atoms with Gasteiger partial charge in [-0.1, -0.05) is 18.2 Å². The molecule has 0 spiro atoms. The van der Waals surface area contributed by atoms with Crippen molar-refractivity contribution in [2.75, 3.05) is 39.8 Å². The van der Waals surface area contributed by atoms with Crippen LogP contribution in [0, 0.1) is 0 Å². The van der Waals surface area contributed by atoms with Crippen LogP contribution < -0.4 is 10.1 Å². The summed E-state index contributed by atoms with van der Waals surface area (Å²) in [5, 5.41) is 2.59. The Bertz CT molecular complexity index is 777. The molecule has 0 saturated carbocycles. The molecule has 3 amide bonds. The van der Waals surface area contributed by atoms with Crippen molar-refractivity contribution in [3.8, 4) is 5.75 Å². The van der Waals surface area contributed by atoms with E-state index in [1.54, 1.807) is 43.8 Å². The first-order valence-corrected chi connectivity index (χ1v) is 10.0. The van der Waals surface area contributed by atoms with Crippen molar-refractivity contribution in [1.82, 2.24) is 15.1 Å². The molecule has 0 aromatic heterocycles. The van der Waals surface area contributed by atoms with Crippen LogP contribution >= 0.6 is 0 Å². The first kappa shape index (κ1) is 23.3. The molecular weight excluding hydrogens is 386 g/mol. The molecule has 0 radical (unpaired) electrons. The maximum absolute atomic E-state index is 12.4. The van der Waals surface area contributed by atoms with Crippen LogP contribution in [0.5, 0.6) is 5.75 Å². The van der Waals surface area contributed by atoms with Crippen molar-refractivity contribution >= 4 is 24.0 Å². The van der Waals surface area contributed by atoms with Crippen molar-refractivity contribution in [3.63, 3.8) is 0 Å². The van der Waals surface area contributed by atoms with Gasteiger partial charge in [0.05, 0.1) is 7.11 Å².